The molecule has 1 heterocycles. The summed E-state index contributed by atoms with van der Waals surface area (Å²) in [5, 5.41) is 0. The fourth-order valence-electron chi connectivity index (χ4n) is 1.94. The number of carbonyl (C=O) groups is 1. The Balaban J connectivity index is 1.91. The van der Waals surface area contributed by atoms with Crippen molar-refractivity contribution in [3.8, 4) is 0 Å². The highest BCUT2D eigenvalue weighted by molar-refractivity contribution is 5.78. The van der Waals surface area contributed by atoms with E-state index >= 15 is 0 Å². The summed E-state index contributed by atoms with van der Waals surface area (Å²) in [6, 6.07) is 0. The first-order chi connectivity index (χ1) is 7.33. The molecule has 0 spiro atoms. The zero-order chi connectivity index (χ0) is 10.9. The molecule has 0 N–H and O–H groups in total. The molecule has 3 nitrogen and oxygen atoms in total. The lowest BCUT2D eigenvalue weighted by Crippen LogP contribution is -2.06. The number of rotatable bonds is 8. The maximum atomic E-state index is 11.4. The van der Waals surface area contributed by atoms with Crippen LogP contribution in [0.3, 0.4) is 0 Å². The van der Waals surface area contributed by atoms with Crippen molar-refractivity contribution in [3.63, 3.8) is 0 Å². The van der Waals surface area contributed by atoms with Gasteiger partial charge in [-0.1, -0.05) is 0 Å². The van der Waals surface area contributed by atoms with Gasteiger partial charge in [-0.15, -0.1) is 0 Å². The van der Waals surface area contributed by atoms with E-state index in [0.29, 0.717) is 31.3 Å². The number of ether oxygens (including phenoxy) is 2. The first-order valence-electron chi connectivity index (χ1n) is 5.95. The molecule has 1 aliphatic rings. The molecule has 88 valence electrons. The van der Waals surface area contributed by atoms with Crippen LogP contribution in [0.15, 0.2) is 0 Å². The van der Waals surface area contributed by atoms with E-state index in [4.69, 9.17) is 9.47 Å². The summed E-state index contributed by atoms with van der Waals surface area (Å²) in [5.74, 6) is 0.366. The maximum Gasteiger partial charge on any atom is 0.133 e. The summed E-state index contributed by atoms with van der Waals surface area (Å²) in [7, 11) is 1.67. The van der Waals surface area contributed by atoms with Gasteiger partial charge < -0.3 is 9.47 Å². The van der Waals surface area contributed by atoms with Crippen molar-refractivity contribution in [2.24, 2.45) is 0 Å². The third kappa shape index (κ3) is 5.90. The van der Waals surface area contributed by atoms with Crippen LogP contribution in [0.25, 0.3) is 0 Å². The second-order valence-electron chi connectivity index (χ2n) is 4.16. The lowest BCUT2D eigenvalue weighted by molar-refractivity contribution is -0.119. The number of Topliss-reactive ketones (excluding diaryl/α,β-unsaturated/α-hetero) is 1. The molecule has 0 aliphatic carbocycles. The van der Waals surface area contributed by atoms with Crippen LogP contribution in [-0.4, -0.2) is 32.2 Å². The van der Waals surface area contributed by atoms with Crippen LogP contribution in [0.4, 0.5) is 0 Å². The molecule has 1 saturated heterocycles. The van der Waals surface area contributed by atoms with Crippen LogP contribution in [0.5, 0.6) is 0 Å². The fraction of sp³-hybridized carbons (Fsp3) is 0.917. The molecule has 1 rings (SSSR count). The van der Waals surface area contributed by atoms with E-state index in [2.05, 4.69) is 0 Å². The first kappa shape index (κ1) is 12.7. The Morgan fingerprint density at radius 2 is 2.20 bits per heavy atom. The smallest absolute Gasteiger partial charge is 0.133 e. The van der Waals surface area contributed by atoms with Gasteiger partial charge >= 0.3 is 0 Å². The van der Waals surface area contributed by atoms with Crippen molar-refractivity contribution in [3.05, 3.63) is 0 Å². The molecule has 0 bridgehead atoms. The van der Waals surface area contributed by atoms with Gasteiger partial charge in [0.1, 0.15) is 5.78 Å². The van der Waals surface area contributed by atoms with Crippen molar-refractivity contribution >= 4 is 5.78 Å². The average Bonchev–Trinajstić information content (AvgIpc) is 2.71. The van der Waals surface area contributed by atoms with Gasteiger partial charge in [0.05, 0.1) is 6.10 Å². The van der Waals surface area contributed by atoms with Crippen LogP contribution in [0.1, 0.15) is 44.9 Å². The number of methoxy groups -OCH3 is 1. The van der Waals surface area contributed by atoms with E-state index in [1.165, 1.54) is 12.8 Å². The summed E-state index contributed by atoms with van der Waals surface area (Å²) in [6.45, 7) is 1.60. The van der Waals surface area contributed by atoms with Crippen LogP contribution in [-0.2, 0) is 14.3 Å². The molecule has 1 fully saturated rings. The average molecular weight is 214 g/mol. The normalized spacial score (nSPS) is 20.7. The molecule has 0 aromatic heterocycles. The summed E-state index contributed by atoms with van der Waals surface area (Å²) >= 11 is 0. The van der Waals surface area contributed by atoms with Crippen LogP contribution in [0.2, 0.25) is 0 Å². The minimum absolute atomic E-state index is 0.366. The monoisotopic (exact) mass is 214 g/mol. The third-order valence-corrected chi connectivity index (χ3v) is 2.81. The molecule has 1 unspecified atom stereocenters. The molecule has 1 atom stereocenters. The van der Waals surface area contributed by atoms with E-state index in [0.717, 1.165) is 25.9 Å². The minimum Gasteiger partial charge on any atom is -0.385 e. The quantitative estimate of drug-likeness (QED) is 0.582. The highest BCUT2D eigenvalue weighted by atomic mass is 16.5. The SMILES string of the molecule is COCCCC(=O)CCCC1CCCO1. The second-order valence-corrected chi connectivity index (χ2v) is 4.16. The number of hydrogen-bond donors (Lipinski definition) is 0. The highest BCUT2D eigenvalue weighted by Gasteiger charge is 2.15. The molecule has 0 aromatic rings. The molecule has 15 heavy (non-hydrogen) atoms. The Morgan fingerprint density at radius 1 is 1.40 bits per heavy atom. The van der Waals surface area contributed by atoms with Gasteiger partial charge in [-0.25, -0.2) is 0 Å². The van der Waals surface area contributed by atoms with E-state index < -0.39 is 0 Å². The fourth-order valence-corrected chi connectivity index (χ4v) is 1.94. The largest absolute Gasteiger partial charge is 0.385 e. The summed E-state index contributed by atoms with van der Waals surface area (Å²) in [6.07, 6.45) is 7.06. The van der Waals surface area contributed by atoms with Crippen molar-refractivity contribution in [1.82, 2.24) is 0 Å². The molecular formula is C12H22O3. The van der Waals surface area contributed by atoms with E-state index in [1.807, 2.05) is 0 Å². The maximum absolute atomic E-state index is 11.4. The van der Waals surface area contributed by atoms with Crippen molar-refractivity contribution < 1.29 is 14.3 Å². The van der Waals surface area contributed by atoms with Gasteiger partial charge in [0.2, 0.25) is 0 Å². The Morgan fingerprint density at radius 3 is 2.87 bits per heavy atom. The van der Waals surface area contributed by atoms with E-state index in [9.17, 15) is 4.79 Å². The van der Waals surface area contributed by atoms with Gasteiger partial charge in [0.25, 0.3) is 0 Å². The topological polar surface area (TPSA) is 35.5 Å². The molecular weight excluding hydrogens is 192 g/mol. The Labute approximate surface area is 92.1 Å². The molecule has 0 saturated carbocycles. The number of ketones is 1. The molecule has 0 radical (unpaired) electrons. The standard InChI is InChI=1S/C12H22O3/c1-14-9-3-6-11(13)5-2-7-12-8-4-10-15-12/h12H,2-10H2,1H3. The summed E-state index contributed by atoms with van der Waals surface area (Å²) in [5.41, 5.74) is 0. The Hall–Kier alpha value is -0.410. The summed E-state index contributed by atoms with van der Waals surface area (Å²) < 4.78 is 10.4. The zero-order valence-corrected chi connectivity index (χ0v) is 9.67. The van der Waals surface area contributed by atoms with Gasteiger partial charge in [-0.3, -0.25) is 4.79 Å². The van der Waals surface area contributed by atoms with Crippen LogP contribution < -0.4 is 0 Å². The lowest BCUT2D eigenvalue weighted by Gasteiger charge is -2.07. The number of hydrogen-bond acceptors (Lipinski definition) is 3. The molecule has 0 aromatic carbocycles. The van der Waals surface area contributed by atoms with Crippen molar-refractivity contribution in [1.29, 1.82) is 0 Å². The second kappa shape index (κ2) is 7.83. The molecule has 3 heteroatoms. The van der Waals surface area contributed by atoms with Crippen molar-refractivity contribution in [2.45, 2.75) is 51.0 Å². The van der Waals surface area contributed by atoms with E-state index in [1.54, 1.807) is 7.11 Å². The predicted molar refractivity (Wildman–Crippen MR) is 58.9 cm³/mol. The number of carbonyl (C=O) groups excluding carboxylic acids is 1. The van der Waals surface area contributed by atoms with Crippen LogP contribution in [0, 0.1) is 0 Å². The molecule has 1 aliphatic heterocycles. The van der Waals surface area contributed by atoms with Gasteiger partial charge in [0.15, 0.2) is 0 Å². The zero-order valence-electron chi connectivity index (χ0n) is 9.67. The van der Waals surface area contributed by atoms with Crippen molar-refractivity contribution in [2.75, 3.05) is 20.3 Å². The van der Waals surface area contributed by atoms with E-state index in [-0.39, 0.29) is 0 Å². The van der Waals surface area contributed by atoms with Crippen LogP contribution >= 0.6 is 0 Å². The Bertz CT molecular complexity index is 174. The Kier molecular flexibility index (Phi) is 6.60. The predicted octanol–water partition coefficient (Wildman–Crippen LogP) is 2.33. The lowest BCUT2D eigenvalue weighted by atomic mass is 10.1. The van der Waals surface area contributed by atoms with Gasteiger partial charge in [-0.2, -0.15) is 0 Å². The van der Waals surface area contributed by atoms with Gasteiger partial charge in [0, 0.05) is 33.2 Å². The first-order valence-corrected chi connectivity index (χ1v) is 5.95. The minimum atomic E-state index is 0.366. The summed E-state index contributed by atoms with van der Waals surface area (Å²) in [4.78, 5) is 11.4. The molecule has 0 amide bonds. The van der Waals surface area contributed by atoms with Gasteiger partial charge in [-0.05, 0) is 32.1 Å². The highest BCUT2D eigenvalue weighted by Crippen LogP contribution is 2.17. The third-order valence-electron chi connectivity index (χ3n) is 2.81.